The van der Waals surface area contributed by atoms with Crippen LogP contribution in [0.4, 0.5) is 5.69 Å². The Morgan fingerprint density at radius 2 is 1.76 bits per heavy atom. The Kier molecular flexibility index (Phi) is 4.46. The number of rotatable bonds is 4. The van der Waals surface area contributed by atoms with E-state index in [2.05, 4.69) is 19.2 Å². The average Bonchev–Trinajstić information content (AvgIpc) is 2.27. The molecule has 0 saturated carbocycles. The van der Waals surface area contributed by atoms with E-state index in [0.29, 0.717) is 17.7 Å². The molecule has 1 aromatic carbocycles. The third kappa shape index (κ3) is 4.51. The lowest BCUT2D eigenvalue weighted by Crippen LogP contribution is -2.20. The molecule has 90 valence electrons. The topological polar surface area (TPSA) is 69.2 Å². The number of nitrogens with one attached hydrogen (secondary N) is 1. The second-order valence-corrected chi connectivity index (χ2v) is 3.92. The van der Waals surface area contributed by atoms with E-state index in [1.165, 1.54) is 5.56 Å². The maximum Gasteiger partial charge on any atom is 0.248 e. The second kappa shape index (κ2) is 5.84. The molecule has 0 atom stereocenters. The molecule has 0 aliphatic heterocycles. The summed E-state index contributed by atoms with van der Waals surface area (Å²) in [5, 5.41) is 12.6. The first-order valence-electron chi connectivity index (χ1n) is 5.29. The molecule has 0 saturated heterocycles. The number of carboxylic acid groups (broad SMARTS) is 1. The Balaban J connectivity index is 2.63. The molecule has 1 aromatic rings. The Labute approximate surface area is 100.0 Å². The van der Waals surface area contributed by atoms with Crippen molar-refractivity contribution in [2.45, 2.75) is 19.8 Å². The second-order valence-electron chi connectivity index (χ2n) is 3.92. The van der Waals surface area contributed by atoms with Crippen molar-refractivity contribution in [1.82, 2.24) is 0 Å². The van der Waals surface area contributed by atoms with Gasteiger partial charge in [0.05, 0.1) is 5.97 Å². The third-order valence-corrected chi connectivity index (χ3v) is 2.22. The number of anilines is 1. The monoisotopic (exact) mass is 232 g/mol. The molecule has 17 heavy (non-hydrogen) atoms. The van der Waals surface area contributed by atoms with Crippen molar-refractivity contribution < 1.29 is 14.7 Å². The Morgan fingerprint density at radius 3 is 2.24 bits per heavy atom. The van der Waals surface area contributed by atoms with Crippen molar-refractivity contribution >= 4 is 17.6 Å². The molecule has 0 fully saturated rings. The Hall–Kier alpha value is -2.10. The lowest BCUT2D eigenvalue weighted by atomic mass is 10.0. The smallest absolute Gasteiger partial charge is 0.248 e. The number of amides is 1. The molecule has 1 N–H and O–H groups in total. The van der Waals surface area contributed by atoms with Crippen molar-refractivity contribution in [1.29, 1.82) is 0 Å². The zero-order chi connectivity index (χ0) is 12.8. The summed E-state index contributed by atoms with van der Waals surface area (Å²) in [5.74, 6) is -1.46. The maximum atomic E-state index is 11.2. The summed E-state index contributed by atoms with van der Waals surface area (Å²) in [4.78, 5) is 21.3. The van der Waals surface area contributed by atoms with Crippen LogP contribution in [0, 0.1) is 0 Å². The lowest BCUT2D eigenvalue weighted by Gasteiger charge is -2.07. The van der Waals surface area contributed by atoms with Gasteiger partial charge in [-0.1, -0.05) is 26.0 Å². The minimum atomic E-state index is -1.39. The number of carboxylic acids is 1. The summed E-state index contributed by atoms with van der Waals surface area (Å²) < 4.78 is 0. The number of hydrogen-bond acceptors (Lipinski definition) is 3. The van der Waals surface area contributed by atoms with Gasteiger partial charge in [0.25, 0.3) is 0 Å². The van der Waals surface area contributed by atoms with Gasteiger partial charge in [0.1, 0.15) is 0 Å². The third-order valence-electron chi connectivity index (χ3n) is 2.22. The van der Waals surface area contributed by atoms with Crippen LogP contribution < -0.4 is 10.4 Å². The number of carbonyl (C=O) groups excluding carboxylic acids is 2. The maximum absolute atomic E-state index is 11.2. The molecule has 0 aromatic heterocycles. The molecule has 1 amide bonds. The van der Waals surface area contributed by atoms with Gasteiger partial charge in [0, 0.05) is 11.8 Å². The zero-order valence-electron chi connectivity index (χ0n) is 9.77. The highest BCUT2D eigenvalue weighted by molar-refractivity contribution is 6.02. The molecule has 0 aliphatic carbocycles. The van der Waals surface area contributed by atoms with Crippen molar-refractivity contribution in [3.63, 3.8) is 0 Å². The molecule has 0 bridgehead atoms. The Bertz CT molecular complexity index is 432. The van der Waals surface area contributed by atoms with Crippen LogP contribution in [0.25, 0.3) is 0 Å². The van der Waals surface area contributed by atoms with E-state index in [0.717, 1.165) is 6.08 Å². The molecule has 0 spiro atoms. The van der Waals surface area contributed by atoms with Crippen LogP contribution in [-0.4, -0.2) is 11.9 Å². The molecule has 0 radical (unpaired) electrons. The summed E-state index contributed by atoms with van der Waals surface area (Å²) in [7, 11) is 0. The van der Waals surface area contributed by atoms with E-state index >= 15 is 0 Å². The van der Waals surface area contributed by atoms with Crippen LogP contribution in [0.3, 0.4) is 0 Å². The zero-order valence-corrected chi connectivity index (χ0v) is 9.77. The fourth-order valence-electron chi connectivity index (χ4n) is 1.28. The average molecular weight is 232 g/mol. The fraction of sp³-hybridized carbons (Fsp3) is 0.231. The lowest BCUT2D eigenvalue weighted by molar-refractivity contribution is -0.297. The number of hydrogen-bond donors (Lipinski definition) is 1. The van der Waals surface area contributed by atoms with Crippen LogP contribution in [-0.2, 0) is 9.59 Å². The minimum Gasteiger partial charge on any atom is -0.545 e. The fourth-order valence-corrected chi connectivity index (χ4v) is 1.28. The standard InChI is InChI=1S/C13H15NO3/c1-9(2)10-3-5-11(6-4-10)14-12(15)7-8-13(16)17/h3-9H,1-2H3,(H,14,15)(H,16,17)/p-1/b8-7-. The van der Waals surface area contributed by atoms with Gasteiger partial charge in [-0.25, -0.2) is 0 Å². The molecule has 0 aliphatic rings. The largest absolute Gasteiger partial charge is 0.545 e. The first kappa shape index (κ1) is 13.0. The first-order chi connectivity index (χ1) is 7.99. The van der Waals surface area contributed by atoms with E-state index in [1.807, 2.05) is 12.1 Å². The first-order valence-corrected chi connectivity index (χ1v) is 5.29. The van der Waals surface area contributed by atoms with Gasteiger partial charge in [-0.15, -0.1) is 0 Å². The summed E-state index contributed by atoms with van der Waals surface area (Å²) in [6, 6.07) is 7.39. The van der Waals surface area contributed by atoms with Crippen molar-refractivity contribution in [3.05, 3.63) is 42.0 Å². The number of aliphatic carboxylic acids is 1. The van der Waals surface area contributed by atoms with E-state index in [1.54, 1.807) is 12.1 Å². The SMILES string of the molecule is CC(C)c1ccc(NC(=O)/C=C\C(=O)[O-])cc1. The van der Waals surface area contributed by atoms with Gasteiger partial charge in [-0.3, -0.25) is 4.79 Å². The van der Waals surface area contributed by atoms with Gasteiger partial charge in [0.15, 0.2) is 0 Å². The van der Waals surface area contributed by atoms with Gasteiger partial charge in [0.2, 0.25) is 5.91 Å². The molecule has 0 heterocycles. The quantitative estimate of drug-likeness (QED) is 0.789. The molecular formula is C13H14NO3-. The van der Waals surface area contributed by atoms with Crippen molar-refractivity contribution in [3.8, 4) is 0 Å². The summed E-state index contributed by atoms with van der Waals surface area (Å²) >= 11 is 0. The van der Waals surface area contributed by atoms with Gasteiger partial charge in [-0.2, -0.15) is 0 Å². The van der Waals surface area contributed by atoms with Crippen LogP contribution in [0.5, 0.6) is 0 Å². The van der Waals surface area contributed by atoms with Gasteiger partial charge in [-0.05, 0) is 29.7 Å². The van der Waals surface area contributed by atoms with Crippen LogP contribution in [0.2, 0.25) is 0 Å². The van der Waals surface area contributed by atoms with E-state index in [9.17, 15) is 14.7 Å². The normalized spacial score (nSPS) is 10.8. The predicted octanol–water partition coefficient (Wildman–Crippen LogP) is 1.05. The number of benzene rings is 1. The van der Waals surface area contributed by atoms with E-state index in [-0.39, 0.29) is 0 Å². The van der Waals surface area contributed by atoms with Gasteiger partial charge < -0.3 is 15.2 Å². The molecule has 1 rings (SSSR count). The summed E-state index contributed by atoms with van der Waals surface area (Å²) in [6.45, 7) is 4.16. The highest BCUT2D eigenvalue weighted by atomic mass is 16.4. The summed E-state index contributed by atoms with van der Waals surface area (Å²) in [5.41, 5.74) is 1.80. The molecular weight excluding hydrogens is 218 g/mol. The molecule has 4 nitrogen and oxygen atoms in total. The number of carbonyl (C=O) groups is 2. The Morgan fingerprint density at radius 1 is 1.18 bits per heavy atom. The van der Waals surface area contributed by atoms with Crippen LogP contribution in [0.15, 0.2) is 36.4 Å². The van der Waals surface area contributed by atoms with Crippen LogP contribution in [0.1, 0.15) is 25.3 Å². The summed E-state index contributed by atoms with van der Waals surface area (Å²) in [6.07, 6.45) is 1.61. The van der Waals surface area contributed by atoms with E-state index in [4.69, 9.17) is 0 Å². The molecule has 0 unspecified atom stereocenters. The van der Waals surface area contributed by atoms with Gasteiger partial charge >= 0.3 is 0 Å². The minimum absolute atomic E-state index is 0.428. The van der Waals surface area contributed by atoms with Crippen molar-refractivity contribution in [2.75, 3.05) is 5.32 Å². The van der Waals surface area contributed by atoms with E-state index < -0.39 is 11.9 Å². The highest BCUT2D eigenvalue weighted by Crippen LogP contribution is 2.16. The molecule has 4 heteroatoms. The highest BCUT2D eigenvalue weighted by Gasteiger charge is 2.00. The predicted molar refractivity (Wildman–Crippen MR) is 63.3 cm³/mol. The van der Waals surface area contributed by atoms with Crippen molar-refractivity contribution in [2.24, 2.45) is 0 Å². The van der Waals surface area contributed by atoms with Crippen LogP contribution >= 0.6 is 0 Å².